The molecule has 4 nitrogen and oxygen atoms in total. The largest absolute Gasteiger partial charge is 0.388 e. The van der Waals surface area contributed by atoms with Crippen LogP contribution in [0.4, 0.5) is 0 Å². The van der Waals surface area contributed by atoms with Gasteiger partial charge in [0.15, 0.2) is 0 Å². The van der Waals surface area contributed by atoms with E-state index >= 15 is 0 Å². The molecule has 1 aromatic rings. The second-order valence-corrected chi connectivity index (χ2v) is 4.26. The maximum absolute atomic E-state index is 11.3. The molecule has 1 unspecified atom stereocenters. The number of piperidine rings is 1. The first-order valence-corrected chi connectivity index (χ1v) is 5.89. The van der Waals surface area contributed by atoms with Crippen molar-refractivity contribution < 1.29 is 14.3 Å². The van der Waals surface area contributed by atoms with Crippen molar-refractivity contribution in [3.63, 3.8) is 0 Å². The van der Waals surface area contributed by atoms with Crippen molar-refractivity contribution >= 4 is 12.1 Å². The van der Waals surface area contributed by atoms with Crippen LogP contribution in [0, 0.1) is 0 Å². The SMILES string of the molecule is COC.O=Cc1ccc(C2CNCC(=O)C2)cc1. The number of hydrogen-bond donors (Lipinski definition) is 1. The zero-order chi connectivity index (χ0) is 13.4. The lowest BCUT2D eigenvalue weighted by Crippen LogP contribution is -2.35. The van der Waals surface area contributed by atoms with Crippen molar-refractivity contribution in [3.8, 4) is 0 Å². The highest BCUT2D eigenvalue weighted by Gasteiger charge is 2.20. The van der Waals surface area contributed by atoms with E-state index in [4.69, 9.17) is 0 Å². The number of carbonyl (C=O) groups is 2. The first-order chi connectivity index (χ1) is 8.71. The Labute approximate surface area is 107 Å². The van der Waals surface area contributed by atoms with Crippen LogP contribution >= 0.6 is 0 Å². The fourth-order valence-electron chi connectivity index (χ4n) is 1.89. The zero-order valence-electron chi connectivity index (χ0n) is 10.8. The molecule has 0 spiro atoms. The molecular weight excluding hydrogens is 230 g/mol. The highest BCUT2D eigenvalue weighted by atomic mass is 16.4. The number of ether oxygens (including phenoxy) is 1. The van der Waals surface area contributed by atoms with Gasteiger partial charge in [-0.2, -0.15) is 0 Å². The minimum Gasteiger partial charge on any atom is -0.388 e. The van der Waals surface area contributed by atoms with E-state index in [1.807, 2.05) is 12.1 Å². The van der Waals surface area contributed by atoms with Gasteiger partial charge in [0.1, 0.15) is 12.1 Å². The fourth-order valence-corrected chi connectivity index (χ4v) is 1.89. The second-order valence-electron chi connectivity index (χ2n) is 4.26. The van der Waals surface area contributed by atoms with Gasteiger partial charge < -0.3 is 10.1 Å². The van der Waals surface area contributed by atoms with Crippen LogP contribution in [0.2, 0.25) is 0 Å². The van der Waals surface area contributed by atoms with E-state index in [9.17, 15) is 9.59 Å². The molecule has 1 atom stereocenters. The summed E-state index contributed by atoms with van der Waals surface area (Å²) in [6.07, 6.45) is 1.43. The second kappa shape index (κ2) is 7.74. The predicted octanol–water partition coefficient (Wildman–Crippen LogP) is 1.41. The minimum absolute atomic E-state index is 0.255. The summed E-state index contributed by atoms with van der Waals surface area (Å²) in [4.78, 5) is 21.7. The molecule has 18 heavy (non-hydrogen) atoms. The zero-order valence-corrected chi connectivity index (χ0v) is 10.8. The van der Waals surface area contributed by atoms with E-state index in [-0.39, 0.29) is 11.7 Å². The van der Waals surface area contributed by atoms with E-state index < -0.39 is 0 Å². The van der Waals surface area contributed by atoms with Crippen LogP contribution in [-0.2, 0) is 9.53 Å². The van der Waals surface area contributed by atoms with Crippen molar-refractivity contribution in [2.75, 3.05) is 27.3 Å². The van der Waals surface area contributed by atoms with E-state index in [0.29, 0.717) is 18.5 Å². The van der Waals surface area contributed by atoms with Crippen molar-refractivity contribution in [1.29, 1.82) is 0 Å². The number of methoxy groups -OCH3 is 1. The average molecular weight is 249 g/mol. The van der Waals surface area contributed by atoms with Crippen LogP contribution in [0.3, 0.4) is 0 Å². The third-order valence-electron chi connectivity index (χ3n) is 2.73. The summed E-state index contributed by atoms with van der Waals surface area (Å²) >= 11 is 0. The predicted molar refractivity (Wildman–Crippen MR) is 70.0 cm³/mol. The first kappa shape index (κ1) is 14.5. The fraction of sp³-hybridized carbons (Fsp3) is 0.429. The standard InChI is InChI=1S/C12H13NO2.C2H6O/c14-8-9-1-3-10(4-2-9)11-5-12(15)7-13-6-11;1-3-2/h1-4,8,11,13H,5-7H2;1-2H3. The summed E-state index contributed by atoms with van der Waals surface area (Å²) in [5.74, 6) is 0.512. The molecule has 0 amide bonds. The Hall–Kier alpha value is -1.52. The van der Waals surface area contributed by atoms with Crippen LogP contribution in [0.25, 0.3) is 0 Å². The van der Waals surface area contributed by atoms with Gasteiger partial charge >= 0.3 is 0 Å². The summed E-state index contributed by atoms with van der Waals surface area (Å²) in [5.41, 5.74) is 1.80. The number of nitrogens with one attached hydrogen (secondary N) is 1. The number of ketones is 1. The molecule has 1 fully saturated rings. The quantitative estimate of drug-likeness (QED) is 0.805. The number of hydrogen-bond acceptors (Lipinski definition) is 4. The molecule has 1 aliphatic rings. The maximum atomic E-state index is 11.3. The molecule has 0 radical (unpaired) electrons. The van der Waals surface area contributed by atoms with E-state index in [1.54, 1.807) is 26.4 Å². The molecule has 1 saturated heterocycles. The van der Waals surface area contributed by atoms with Crippen molar-refractivity contribution in [3.05, 3.63) is 35.4 Å². The number of carbonyl (C=O) groups excluding carboxylic acids is 2. The van der Waals surface area contributed by atoms with Crippen molar-refractivity contribution in [2.24, 2.45) is 0 Å². The third-order valence-corrected chi connectivity index (χ3v) is 2.73. The van der Waals surface area contributed by atoms with E-state index in [1.165, 1.54) is 0 Å². The van der Waals surface area contributed by atoms with Crippen LogP contribution in [-0.4, -0.2) is 39.4 Å². The third kappa shape index (κ3) is 4.39. The van der Waals surface area contributed by atoms with E-state index in [0.717, 1.165) is 18.4 Å². The highest BCUT2D eigenvalue weighted by Crippen LogP contribution is 2.21. The van der Waals surface area contributed by atoms with E-state index in [2.05, 4.69) is 10.1 Å². The molecule has 0 saturated carbocycles. The minimum atomic E-state index is 0.255. The lowest BCUT2D eigenvalue weighted by atomic mass is 9.91. The van der Waals surface area contributed by atoms with Gasteiger partial charge in [-0.15, -0.1) is 0 Å². The maximum Gasteiger partial charge on any atom is 0.150 e. The number of aldehydes is 1. The van der Waals surface area contributed by atoms with Crippen LogP contribution in [0.15, 0.2) is 24.3 Å². The van der Waals surface area contributed by atoms with Crippen LogP contribution in [0.1, 0.15) is 28.3 Å². The van der Waals surface area contributed by atoms with Gasteiger partial charge in [0.25, 0.3) is 0 Å². The Morgan fingerprint density at radius 3 is 2.39 bits per heavy atom. The first-order valence-electron chi connectivity index (χ1n) is 5.89. The van der Waals surface area contributed by atoms with Gasteiger partial charge in [0.05, 0.1) is 6.54 Å². The summed E-state index contributed by atoms with van der Waals surface area (Å²) in [6, 6.07) is 7.44. The number of Topliss-reactive ketones (excluding diaryl/α,β-unsaturated/α-hetero) is 1. The molecule has 0 bridgehead atoms. The topological polar surface area (TPSA) is 55.4 Å². The van der Waals surface area contributed by atoms with Crippen molar-refractivity contribution in [2.45, 2.75) is 12.3 Å². The molecule has 0 aliphatic carbocycles. The molecule has 0 aromatic heterocycles. The van der Waals surface area contributed by atoms with Crippen molar-refractivity contribution in [1.82, 2.24) is 5.32 Å². The summed E-state index contributed by atoms with van der Waals surface area (Å²) < 4.78 is 4.25. The number of benzene rings is 1. The lowest BCUT2D eigenvalue weighted by molar-refractivity contribution is -0.119. The Balaban J connectivity index is 0.000000492. The Morgan fingerprint density at radius 2 is 1.89 bits per heavy atom. The Bertz CT molecular complexity index is 387. The molecule has 1 N–H and O–H groups in total. The molecular formula is C14H19NO3. The highest BCUT2D eigenvalue weighted by molar-refractivity contribution is 5.82. The normalized spacial score (nSPS) is 18.8. The number of rotatable bonds is 2. The summed E-state index contributed by atoms with van der Waals surface area (Å²) in [7, 11) is 3.25. The molecule has 1 aromatic carbocycles. The molecule has 2 rings (SSSR count). The average Bonchev–Trinajstić information content (AvgIpc) is 2.40. The Morgan fingerprint density at radius 1 is 1.28 bits per heavy atom. The molecule has 1 heterocycles. The summed E-state index contributed by atoms with van der Waals surface area (Å²) in [6.45, 7) is 1.33. The molecule has 1 aliphatic heterocycles. The Kier molecular flexibility index (Phi) is 6.25. The lowest BCUT2D eigenvalue weighted by Gasteiger charge is -2.22. The van der Waals surface area contributed by atoms with Gasteiger partial charge in [-0.1, -0.05) is 24.3 Å². The van der Waals surface area contributed by atoms with Gasteiger partial charge in [0.2, 0.25) is 0 Å². The smallest absolute Gasteiger partial charge is 0.150 e. The van der Waals surface area contributed by atoms with Crippen LogP contribution < -0.4 is 5.32 Å². The van der Waals surface area contributed by atoms with Gasteiger partial charge in [0, 0.05) is 38.7 Å². The van der Waals surface area contributed by atoms with Gasteiger partial charge in [-0.25, -0.2) is 0 Å². The monoisotopic (exact) mass is 249 g/mol. The summed E-state index contributed by atoms with van der Waals surface area (Å²) in [5, 5.41) is 3.09. The van der Waals surface area contributed by atoms with Gasteiger partial charge in [-0.05, 0) is 5.56 Å². The van der Waals surface area contributed by atoms with Gasteiger partial charge in [-0.3, -0.25) is 9.59 Å². The molecule has 4 heteroatoms. The van der Waals surface area contributed by atoms with Crippen LogP contribution in [0.5, 0.6) is 0 Å². The molecule has 98 valence electrons.